The van der Waals surface area contributed by atoms with Crippen molar-refractivity contribution in [3.05, 3.63) is 21.4 Å². The zero-order valence-corrected chi connectivity index (χ0v) is 7.83. The van der Waals surface area contributed by atoms with E-state index in [2.05, 4.69) is 4.98 Å². The van der Waals surface area contributed by atoms with Gasteiger partial charge in [-0.05, 0) is 0 Å². The van der Waals surface area contributed by atoms with Crippen molar-refractivity contribution in [1.82, 2.24) is 4.98 Å². The summed E-state index contributed by atoms with van der Waals surface area (Å²) < 4.78 is 4.87. The third-order valence-corrected chi connectivity index (χ3v) is 2.00. The van der Waals surface area contributed by atoms with E-state index in [1.807, 2.05) is 0 Å². The highest BCUT2D eigenvalue weighted by Gasteiger charge is 2.07. The highest BCUT2D eigenvalue weighted by molar-refractivity contribution is 6.42. The van der Waals surface area contributed by atoms with Gasteiger partial charge >= 0.3 is 0 Å². The molecule has 0 spiro atoms. The van der Waals surface area contributed by atoms with Gasteiger partial charge in [0.25, 0.3) is 0 Å². The number of pyridine rings is 1. The SMILES string of the molecule is COc1cc(Cl)nc(Cl)c1Cl. The third kappa shape index (κ3) is 1.89. The predicted molar refractivity (Wildman–Crippen MR) is 45.8 cm³/mol. The quantitative estimate of drug-likeness (QED) is 0.668. The molecule has 2 nitrogen and oxygen atoms in total. The molecule has 0 bridgehead atoms. The van der Waals surface area contributed by atoms with Crippen molar-refractivity contribution >= 4 is 34.8 Å². The Morgan fingerprint density at radius 2 is 2.00 bits per heavy atom. The molecular weight excluding hydrogens is 208 g/mol. The fourth-order valence-electron chi connectivity index (χ4n) is 0.597. The average molecular weight is 212 g/mol. The smallest absolute Gasteiger partial charge is 0.153 e. The second kappa shape index (κ2) is 3.48. The topological polar surface area (TPSA) is 22.1 Å². The molecule has 1 aromatic rings. The Labute approximate surface area is 79.0 Å². The number of aromatic nitrogens is 1. The summed E-state index contributed by atoms with van der Waals surface area (Å²) in [5, 5.41) is 0.686. The number of hydrogen-bond donors (Lipinski definition) is 0. The van der Waals surface area contributed by atoms with Gasteiger partial charge in [-0.2, -0.15) is 0 Å². The molecule has 1 heterocycles. The first-order valence-electron chi connectivity index (χ1n) is 2.70. The zero-order chi connectivity index (χ0) is 8.43. The summed E-state index contributed by atoms with van der Waals surface area (Å²) in [7, 11) is 1.48. The summed E-state index contributed by atoms with van der Waals surface area (Å²) in [6.45, 7) is 0. The fourth-order valence-corrected chi connectivity index (χ4v) is 1.18. The molecule has 5 heteroatoms. The Kier molecular flexibility index (Phi) is 2.82. The van der Waals surface area contributed by atoms with E-state index in [-0.39, 0.29) is 15.3 Å². The van der Waals surface area contributed by atoms with Crippen LogP contribution in [0.15, 0.2) is 6.07 Å². The van der Waals surface area contributed by atoms with Crippen LogP contribution in [0.3, 0.4) is 0 Å². The molecule has 60 valence electrons. The largest absolute Gasteiger partial charge is 0.495 e. The van der Waals surface area contributed by atoms with Crippen LogP contribution in [-0.4, -0.2) is 12.1 Å². The van der Waals surface area contributed by atoms with Gasteiger partial charge in [0, 0.05) is 6.07 Å². The Hall–Kier alpha value is -0.180. The molecule has 0 atom stereocenters. The Balaban J connectivity index is 3.24. The van der Waals surface area contributed by atoms with Gasteiger partial charge < -0.3 is 4.74 Å². The zero-order valence-electron chi connectivity index (χ0n) is 5.57. The first-order valence-corrected chi connectivity index (χ1v) is 3.84. The van der Waals surface area contributed by atoms with Gasteiger partial charge in [-0.1, -0.05) is 34.8 Å². The van der Waals surface area contributed by atoms with Gasteiger partial charge in [-0.25, -0.2) is 4.98 Å². The highest BCUT2D eigenvalue weighted by Crippen LogP contribution is 2.32. The first-order chi connectivity index (χ1) is 5.15. The molecular formula is C6H4Cl3NO. The molecule has 1 aromatic heterocycles. The molecule has 0 saturated carbocycles. The number of methoxy groups -OCH3 is 1. The van der Waals surface area contributed by atoms with Crippen LogP contribution in [0.1, 0.15) is 0 Å². The van der Waals surface area contributed by atoms with Crippen molar-refractivity contribution < 1.29 is 4.74 Å². The van der Waals surface area contributed by atoms with E-state index in [0.29, 0.717) is 5.75 Å². The molecule has 0 aliphatic rings. The molecule has 0 unspecified atom stereocenters. The average Bonchev–Trinajstić information content (AvgIpc) is 1.96. The molecule has 0 amide bonds. The minimum Gasteiger partial charge on any atom is -0.495 e. The number of ether oxygens (including phenoxy) is 1. The van der Waals surface area contributed by atoms with Crippen LogP contribution in [0.25, 0.3) is 0 Å². The first kappa shape index (κ1) is 8.91. The van der Waals surface area contributed by atoms with Crippen LogP contribution >= 0.6 is 34.8 Å². The molecule has 11 heavy (non-hydrogen) atoms. The molecule has 1 rings (SSSR count). The second-order valence-electron chi connectivity index (χ2n) is 1.75. The lowest BCUT2D eigenvalue weighted by molar-refractivity contribution is 0.414. The Morgan fingerprint density at radius 3 is 2.55 bits per heavy atom. The van der Waals surface area contributed by atoms with Gasteiger partial charge in [-0.3, -0.25) is 0 Å². The molecule has 0 radical (unpaired) electrons. The molecule has 0 fully saturated rings. The molecule has 0 aliphatic heterocycles. The van der Waals surface area contributed by atoms with Crippen LogP contribution in [0.5, 0.6) is 5.75 Å². The predicted octanol–water partition coefficient (Wildman–Crippen LogP) is 3.05. The van der Waals surface area contributed by atoms with E-state index in [9.17, 15) is 0 Å². The maximum Gasteiger partial charge on any atom is 0.153 e. The standard InChI is InChI=1S/C6H4Cl3NO/c1-11-3-2-4(7)10-6(9)5(3)8/h2H,1H3. The van der Waals surface area contributed by atoms with E-state index < -0.39 is 0 Å². The Morgan fingerprint density at radius 1 is 1.36 bits per heavy atom. The summed E-state index contributed by atoms with van der Waals surface area (Å²) >= 11 is 16.8. The maximum atomic E-state index is 5.69. The van der Waals surface area contributed by atoms with Crippen LogP contribution in [0.4, 0.5) is 0 Å². The lowest BCUT2D eigenvalue weighted by Crippen LogP contribution is -1.87. The van der Waals surface area contributed by atoms with Crippen molar-refractivity contribution in [2.75, 3.05) is 7.11 Å². The van der Waals surface area contributed by atoms with E-state index in [4.69, 9.17) is 39.5 Å². The summed E-state index contributed by atoms with van der Waals surface area (Å²) in [6, 6.07) is 1.50. The van der Waals surface area contributed by atoms with Gasteiger partial charge in [0.2, 0.25) is 0 Å². The van der Waals surface area contributed by atoms with Gasteiger partial charge in [0.05, 0.1) is 7.11 Å². The summed E-state index contributed by atoms with van der Waals surface area (Å²) in [6.07, 6.45) is 0. The van der Waals surface area contributed by atoms with Crippen molar-refractivity contribution in [3.8, 4) is 5.75 Å². The third-order valence-electron chi connectivity index (χ3n) is 1.07. The lowest BCUT2D eigenvalue weighted by atomic mass is 10.4. The van der Waals surface area contributed by atoms with Crippen molar-refractivity contribution in [3.63, 3.8) is 0 Å². The Bertz CT molecular complexity index is 277. The van der Waals surface area contributed by atoms with Gasteiger partial charge in [0.15, 0.2) is 5.15 Å². The summed E-state index contributed by atoms with van der Waals surface area (Å²) in [5.41, 5.74) is 0. The van der Waals surface area contributed by atoms with Gasteiger partial charge in [-0.15, -0.1) is 0 Å². The number of rotatable bonds is 1. The summed E-state index contributed by atoms with van der Waals surface area (Å²) in [4.78, 5) is 3.70. The minimum absolute atomic E-state index is 0.149. The lowest BCUT2D eigenvalue weighted by Gasteiger charge is -2.03. The number of hydrogen-bond acceptors (Lipinski definition) is 2. The van der Waals surface area contributed by atoms with Gasteiger partial charge in [0.1, 0.15) is 15.9 Å². The van der Waals surface area contributed by atoms with Crippen LogP contribution in [-0.2, 0) is 0 Å². The molecule has 0 aromatic carbocycles. The normalized spacial score (nSPS) is 9.82. The van der Waals surface area contributed by atoms with E-state index >= 15 is 0 Å². The number of nitrogens with zero attached hydrogens (tertiary/aromatic N) is 1. The van der Waals surface area contributed by atoms with Crippen molar-refractivity contribution in [2.45, 2.75) is 0 Å². The van der Waals surface area contributed by atoms with E-state index in [1.165, 1.54) is 13.2 Å². The summed E-state index contributed by atoms with van der Waals surface area (Å²) in [5.74, 6) is 0.427. The minimum atomic E-state index is 0.149. The van der Waals surface area contributed by atoms with E-state index in [0.717, 1.165) is 0 Å². The number of halogens is 3. The molecule has 0 saturated heterocycles. The fraction of sp³-hybridized carbons (Fsp3) is 0.167. The molecule has 0 N–H and O–H groups in total. The van der Waals surface area contributed by atoms with E-state index in [1.54, 1.807) is 0 Å². The monoisotopic (exact) mass is 211 g/mol. The van der Waals surface area contributed by atoms with Crippen molar-refractivity contribution in [2.24, 2.45) is 0 Å². The van der Waals surface area contributed by atoms with Crippen LogP contribution < -0.4 is 4.74 Å². The van der Waals surface area contributed by atoms with Crippen LogP contribution in [0.2, 0.25) is 15.3 Å². The van der Waals surface area contributed by atoms with Crippen LogP contribution in [0, 0.1) is 0 Å². The van der Waals surface area contributed by atoms with Crippen molar-refractivity contribution in [1.29, 1.82) is 0 Å². The second-order valence-corrected chi connectivity index (χ2v) is 2.88. The highest BCUT2D eigenvalue weighted by atomic mass is 35.5. The maximum absolute atomic E-state index is 5.69. The molecule has 0 aliphatic carbocycles.